The van der Waals surface area contributed by atoms with Gasteiger partial charge >= 0.3 is 0 Å². The Hall–Kier alpha value is -4.05. The molecule has 1 aromatic heterocycles. The van der Waals surface area contributed by atoms with E-state index < -0.39 is 5.91 Å². The lowest BCUT2D eigenvalue weighted by molar-refractivity contribution is -0.118. The van der Waals surface area contributed by atoms with E-state index in [2.05, 4.69) is 26.3 Å². The Bertz CT molecular complexity index is 1630. The minimum Gasteiger partial charge on any atom is -0.490 e. The number of carbonyl (C=O) groups is 1. The average molecular weight is 622 g/mol. The van der Waals surface area contributed by atoms with Crippen LogP contribution in [0.4, 0.5) is 10.1 Å². The number of amides is 1. The molecule has 1 amide bonds. The molecule has 0 aliphatic heterocycles. The van der Waals surface area contributed by atoms with Crippen LogP contribution in [0.2, 0.25) is 0 Å². The van der Waals surface area contributed by atoms with Crippen LogP contribution in [0.1, 0.15) is 56.3 Å². The monoisotopic (exact) mass is 620 g/mol. The van der Waals surface area contributed by atoms with Crippen LogP contribution >= 0.6 is 15.9 Å². The molecule has 0 saturated heterocycles. The first-order valence-electron chi connectivity index (χ1n) is 13.6. The number of benzene rings is 3. The van der Waals surface area contributed by atoms with Crippen LogP contribution in [-0.2, 0) is 4.79 Å². The van der Waals surface area contributed by atoms with Crippen molar-refractivity contribution in [3.8, 4) is 11.5 Å². The van der Waals surface area contributed by atoms with E-state index in [4.69, 9.17) is 14.5 Å². The lowest BCUT2D eigenvalue weighted by Crippen LogP contribution is -2.25. The van der Waals surface area contributed by atoms with Gasteiger partial charge in [0.1, 0.15) is 11.6 Å². The average Bonchev–Trinajstić information content (AvgIpc) is 2.98. The fourth-order valence-corrected chi connectivity index (χ4v) is 5.25. The predicted molar refractivity (Wildman–Crippen MR) is 161 cm³/mol. The summed E-state index contributed by atoms with van der Waals surface area (Å²) in [5.41, 5.74) is 1.60. The number of hydrogen-bond donors (Lipinski definition) is 1. The second-order valence-electron chi connectivity index (χ2n) is 9.81. The number of aromatic nitrogens is 2. The molecule has 1 fully saturated rings. The van der Waals surface area contributed by atoms with Gasteiger partial charge in [-0.2, -0.15) is 9.78 Å². The summed E-state index contributed by atoms with van der Waals surface area (Å²) in [4.78, 5) is 30.8. The van der Waals surface area contributed by atoms with Crippen molar-refractivity contribution < 1.29 is 18.7 Å². The van der Waals surface area contributed by atoms with Gasteiger partial charge in [0, 0.05) is 16.1 Å². The third-order valence-corrected chi connectivity index (χ3v) is 7.37. The Morgan fingerprint density at radius 2 is 1.85 bits per heavy atom. The second kappa shape index (κ2) is 13.1. The highest BCUT2D eigenvalue weighted by atomic mass is 79.9. The zero-order valence-electron chi connectivity index (χ0n) is 22.6. The van der Waals surface area contributed by atoms with Crippen LogP contribution in [-0.4, -0.2) is 35.0 Å². The van der Waals surface area contributed by atoms with Gasteiger partial charge in [-0.3, -0.25) is 9.59 Å². The van der Waals surface area contributed by atoms with E-state index in [-0.39, 0.29) is 23.9 Å². The highest BCUT2D eigenvalue weighted by Crippen LogP contribution is 2.32. The van der Waals surface area contributed by atoms with E-state index >= 15 is 0 Å². The molecule has 1 heterocycles. The molecule has 1 aliphatic carbocycles. The van der Waals surface area contributed by atoms with E-state index in [0.29, 0.717) is 46.1 Å². The SMILES string of the molecule is CCOc1cc(C=Nn2c(C3CCCCC3)nc3ccc(Br)cc3c2=O)ccc1OCC(=O)Nc1ccc(F)cc1. The Morgan fingerprint density at radius 1 is 1.07 bits per heavy atom. The number of rotatable bonds is 9. The molecule has 8 nitrogen and oxygen atoms in total. The number of fused-ring (bicyclic) bond motifs is 1. The first-order chi connectivity index (χ1) is 19.9. The minimum absolute atomic E-state index is 0.164. The molecule has 5 rings (SSSR count). The van der Waals surface area contributed by atoms with E-state index in [0.717, 1.165) is 30.2 Å². The van der Waals surface area contributed by atoms with Gasteiger partial charge in [0.15, 0.2) is 18.1 Å². The van der Waals surface area contributed by atoms with Gasteiger partial charge in [0.05, 0.1) is 23.7 Å². The maximum atomic E-state index is 13.6. The molecule has 10 heteroatoms. The van der Waals surface area contributed by atoms with Gasteiger partial charge in [0.2, 0.25) is 0 Å². The number of nitrogens with one attached hydrogen (secondary N) is 1. The molecule has 4 aromatic rings. The zero-order valence-corrected chi connectivity index (χ0v) is 24.2. The summed E-state index contributed by atoms with van der Waals surface area (Å²) in [6.07, 6.45) is 6.94. The van der Waals surface area contributed by atoms with Gasteiger partial charge in [0.25, 0.3) is 11.5 Å². The van der Waals surface area contributed by atoms with Crippen molar-refractivity contribution in [1.29, 1.82) is 0 Å². The van der Waals surface area contributed by atoms with Crippen LogP contribution in [0.5, 0.6) is 11.5 Å². The highest BCUT2D eigenvalue weighted by molar-refractivity contribution is 9.10. The molecule has 1 saturated carbocycles. The third-order valence-electron chi connectivity index (χ3n) is 6.88. The molecular weight excluding hydrogens is 591 g/mol. The molecule has 0 spiro atoms. The number of ether oxygens (including phenoxy) is 2. The smallest absolute Gasteiger partial charge is 0.282 e. The van der Waals surface area contributed by atoms with Crippen molar-refractivity contribution >= 4 is 44.6 Å². The maximum absolute atomic E-state index is 13.6. The predicted octanol–water partition coefficient (Wildman–Crippen LogP) is 6.64. The summed E-state index contributed by atoms with van der Waals surface area (Å²) in [5, 5.41) is 7.76. The van der Waals surface area contributed by atoms with Crippen LogP contribution < -0.4 is 20.3 Å². The zero-order chi connectivity index (χ0) is 28.8. The van der Waals surface area contributed by atoms with E-state index in [1.807, 2.05) is 19.1 Å². The Balaban J connectivity index is 1.39. The fourth-order valence-electron chi connectivity index (χ4n) is 4.89. The van der Waals surface area contributed by atoms with Crippen molar-refractivity contribution in [2.45, 2.75) is 44.9 Å². The first kappa shape index (κ1) is 28.5. The maximum Gasteiger partial charge on any atom is 0.282 e. The van der Waals surface area contributed by atoms with Gasteiger partial charge in [-0.1, -0.05) is 35.2 Å². The summed E-state index contributed by atoms with van der Waals surface area (Å²) >= 11 is 3.45. The summed E-state index contributed by atoms with van der Waals surface area (Å²) in [6, 6.07) is 16.2. The molecule has 0 unspecified atom stereocenters. The molecule has 41 heavy (non-hydrogen) atoms. The van der Waals surface area contributed by atoms with Crippen molar-refractivity contribution in [2.24, 2.45) is 5.10 Å². The molecule has 0 atom stereocenters. The summed E-state index contributed by atoms with van der Waals surface area (Å²) in [7, 11) is 0. The molecule has 212 valence electrons. The largest absolute Gasteiger partial charge is 0.490 e. The quantitative estimate of drug-likeness (QED) is 0.212. The molecule has 1 aliphatic rings. The lowest BCUT2D eigenvalue weighted by atomic mass is 9.88. The summed E-state index contributed by atoms with van der Waals surface area (Å²) < 4.78 is 26.8. The molecule has 0 radical (unpaired) electrons. The van der Waals surface area contributed by atoms with Crippen LogP contribution in [0, 0.1) is 5.82 Å². The van der Waals surface area contributed by atoms with Crippen molar-refractivity contribution in [1.82, 2.24) is 9.66 Å². The minimum atomic E-state index is -0.394. The Morgan fingerprint density at radius 3 is 2.61 bits per heavy atom. The van der Waals surface area contributed by atoms with Gasteiger partial charge < -0.3 is 14.8 Å². The third kappa shape index (κ3) is 7.00. The topological polar surface area (TPSA) is 94.8 Å². The van der Waals surface area contributed by atoms with Crippen LogP contribution in [0.15, 0.2) is 75.0 Å². The number of anilines is 1. The van der Waals surface area contributed by atoms with Crippen molar-refractivity contribution in [3.05, 3.63) is 92.7 Å². The Labute approximate surface area is 245 Å². The standard InChI is InChI=1S/C31H30BrFN4O4/c1-2-40-28-16-20(8-15-27(28)41-19-29(38)35-24-12-10-23(33)11-13-24)18-34-37-30(21-6-4-3-5-7-21)36-26-14-9-22(32)17-25(26)31(37)39/h8-18,21H,2-7,19H2,1H3,(H,35,38). The highest BCUT2D eigenvalue weighted by Gasteiger charge is 2.22. The normalized spacial score (nSPS) is 13.9. The van der Waals surface area contributed by atoms with E-state index in [1.165, 1.54) is 35.4 Å². The molecule has 1 N–H and O–H groups in total. The molecular formula is C31H30BrFN4O4. The lowest BCUT2D eigenvalue weighted by Gasteiger charge is -2.22. The van der Waals surface area contributed by atoms with Crippen LogP contribution in [0.25, 0.3) is 10.9 Å². The van der Waals surface area contributed by atoms with Crippen LogP contribution in [0.3, 0.4) is 0 Å². The molecule has 3 aromatic carbocycles. The van der Waals surface area contributed by atoms with Gasteiger partial charge in [-0.05, 0) is 86.0 Å². The van der Waals surface area contributed by atoms with E-state index in [1.54, 1.807) is 30.5 Å². The fraction of sp³-hybridized carbons (Fsp3) is 0.290. The number of hydrogen-bond acceptors (Lipinski definition) is 6. The first-order valence-corrected chi connectivity index (χ1v) is 14.4. The second-order valence-corrected chi connectivity index (χ2v) is 10.7. The number of carbonyl (C=O) groups excluding carboxylic acids is 1. The summed E-state index contributed by atoms with van der Waals surface area (Å²) in [6.45, 7) is 1.97. The van der Waals surface area contributed by atoms with Crippen molar-refractivity contribution in [2.75, 3.05) is 18.5 Å². The number of halogens is 2. The number of nitrogens with zero attached hydrogens (tertiary/aromatic N) is 3. The summed E-state index contributed by atoms with van der Waals surface area (Å²) in [5.74, 6) is 0.886. The van der Waals surface area contributed by atoms with Gasteiger partial charge in [-0.15, -0.1) is 0 Å². The Kier molecular flexibility index (Phi) is 9.08. The van der Waals surface area contributed by atoms with Crippen molar-refractivity contribution in [3.63, 3.8) is 0 Å². The molecule has 0 bridgehead atoms. The van der Waals surface area contributed by atoms with E-state index in [9.17, 15) is 14.0 Å². The van der Waals surface area contributed by atoms with Gasteiger partial charge in [-0.25, -0.2) is 9.37 Å².